The largest absolute Gasteiger partial charge is 0.369 e. The molecule has 8 nitrogen and oxygen atoms in total. The highest BCUT2D eigenvalue weighted by Gasteiger charge is 2.35. The number of aromatic nitrogens is 4. The van der Waals surface area contributed by atoms with E-state index in [0.29, 0.717) is 82.3 Å². The van der Waals surface area contributed by atoms with E-state index in [1.54, 1.807) is 18.3 Å². The van der Waals surface area contributed by atoms with Crippen molar-refractivity contribution in [3.8, 4) is 0 Å². The number of fused-ring (bicyclic) bond motifs is 1. The molecule has 2 fully saturated rings. The maximum Gasteiger partial charge on any atom is 0.248 e. The van der Waals surface area contributed by atoms with Crippen LogP contribution in [0, 0.1) is 5.92 Å². The van der Waals surface area contributed by atoms with Crippen molar-refractivity contribution in [1.29, 1.82) is 0 Å². The molecule has 13 heteroatoms. The molecule has 37 heavy (non-hydrogen) atoms. The van der Waals surface area contributed by atoms with Crippen LogP contribution in [0.2, 0.25) is 15.1 Å². The fraction of sp³-hybridized carbons (Fsp3) is 0.500. The molecule has 2 aromatic heterocycles. The minimum Gasteiger partial charge on any atom is -0.369 e. The molecule has 0 unspecified atom stereocenters. The molecular weight excluding hydrogens is 547 g/mol. The normalized spacial score (nSPS) is 22.2. The van der Waals surface area contributed by atoms with E-state index < -0.39 is 5.92 Å². The lowest BCUT2D eigenvalue weighted by Gasteiger charge is -2.29. The lowest BCUT2D eigenvalue weighted by atomic mass is 9.85. The van der Waals surface area contributed by atoms with E-state index in [0.717, 1.165) is 0 Å². The van der Waals surface area contributed by atoms with Crippen LogP contribution in [0.4, 0.5) is 26.4 Å². The Morgan fingerprint density at radius 2 is 1.68 bits per heavy atom. The number of alkyl halides is 2. The third-order valence-corrected chi connectivity index (χ3v) is 8.01. The molecule has 4 N–H and O–H groups in total. The summed E-state index contributed by atoms with van der Waals surface area (Å²) >= 11 is 18.9. The van der Waals surface area contributed by atoms with Crippen LogP contribution in [0.25, 0.3) is 11.2 Å². The van der Waals surface area contributed by atoms with Crippen LogP contribution in [0.5, 0.6) is 0 Å². The van der Waals surface area contributed by atoms with Gasteiger partial charge in [0.25, 0.3) is 0 Å². The number of halogens is 5. The zero-order valence-corrected chi connectivity index (χ0v) is 22.1. The average Bonchev–Trinajstić information content (AvgIpc) is 3.20. The summed E-state index contributed by atoms with van der Waals surface area (Å²) in [5.41, 5.74) is 7.10. The molecule has 5 rings (SSSR count). The molecule has 2 heterocycles. The predicted octanol–water partition coefficient (Wildman–Crippen LogP) is 6.74. The lowest BCUT2D eigenvalue weighted by molar-refractivity contribution is -0.122. The van der Waals surface area contributed by atoms with Crippen molar-refractivity contribution >= 4 is 69.5 Å². The first-order chi connectivity index (χ1) is 17.6. The standard InChI is InChI=1S/C24H26Cl3F2N7O/c25-13-9-16(26)19(17(27)10-13)34-23-33-18-11-31-22(32-14-5-7-24(28,29)8-6-14)35-21(18)36(23)15-3-1-12(2-4-15)20(30)37/h9-12,14-15H,1-8H2,(H2,30,37)(H,33,34)(H,31,32,35). The van der Waals surface area contributed by atoms with E-state index in [4.69, 9.17) is 50.5 Å². The number of carbonyl (C=O) groups excluding carboxylic acids is 1. The van der Waals surface area contributed by atoms with Crippen LogP contribution >= 0.6 is 34.8 Å². The predicted molar refractivity (Wildman–Crippen MR) is 141 cm³/mol. The molecule has 2 saturated carbocycles. The molecule has 0 radical (unpaired) electrons. The number of carbonyl (C=O) groups is 1. The maximum atomic E-state index is 13.6. The number of imidazole rings is 1. The summed E-state index contributed by atoms with van der Waals surface area (Å²) in [5, 5.41) is 7.51. The average molecular weight is 573 g/mol. The molecule has 0 aliphatic heterocycles. The van der Waals surface area contributed by atoms with Gasteiger partial charge in [0, 0.05) is 35.9 Å². The molecular formula is C24H26Cl3F2N7O. The number of primary amides is 1. The van der Waals surface area contributed by atoms with Crippen molar-refractivity contribution < 1.29 is 13.6 Å². The van der Waals surface area contributed by atoms with Gasteiger partial charge >= 0.3 is 0 Å². The number of nitrogens with one attached hydrogen (secondary N) is 2. The Hall–Kier alpha value is -2.43. The van der Waals surface area contributed by atoms with E-state index in [1.807, 2.05) is 4.57 Å². The third-order valence-electron chi connectivity index (χ3n) is 7.19. The fourth-order valence-corrected chi connectivity index (χ4v) is 6.06. The van der Waals surface area contributed by atoms with Crippen LogP contribution in [0.15, 0.2) is 18.3 Å². The third kappa shape index (κ3) is 5.71. The number of hydrogen-bond donors (Lipinski definition) is 3. The highest BCUT2D eigenvalue weighted by Crippen LogP contribution is 2.40. The highest BCUT2D eigenvalue weighted by atomic mass is 35.5. The van der Waals surface area contributed by atoms with Crippen molar-refractivity contribution in [2.45, 2.75) is 69.4 Å². The Labute approximate surface area is 227 Å². The molecule has 2 aliphatic carbocycles. The van der Waals surface area contributed by atoms with Crippen molar-refractivity contribution in [3.05, 3.63) is 33.4 Å². The zero-order valence-electron chi connectivity index (χ0n) is 19.8. The van der Waals surface area contributed by atoms with Crippen molar-refractivity contribution in [3.63, 3.8) is 0 Å². The fourth-order valence-electron chi connectivity index (χ4n) is 5.15. The first-order valence-corrected chi connectivity index (χ1v) is 13.3. The second kappa shape index (κ2) is 10.4. The number of amides is 1. The Kier molecular flexibility index (Phi) is 7.35. The van der Waals surface area contributed by atoms with Gasteiger partial charge in [-0.15, -0.1) is 0 Å². The molecule has 1 amide bonds. The molecule has 0 bridgehead atoms. The molecule has 2 aliphatic rings. The van der Waals surface area contributed by atoms with E-state index in [-0.39, 0.29) is 36.8 Å². The molecule has 3 aromatic rings. The summed E-state index contributed by atoms with van der Waals surface area (Å²) in [5.74, 6) is -2.26. The van der Waals surface area contributed by atoms with Gasteiger partial charge in [-0.1, -0.05) is 34.8 Å². The summed E-state index contributed by atoms with van der Waals surface area (Å²) in [7, 11) is 0. The van der Waals surface area contributed by atoms with Gasteiger partial charge < -0.3 is 16.4 Å². The van der Waals surface area contributed by atoms with E-state index in [9.17, 15) is 13.6 Å². The van der Waals surface area contributed by atoms with Gasteiger partial charge in [0.15, 0.2) is 5.65 Å². The van der Waals surface area contributed by atoms with E-state index >= 15 is 0 Å². The van der Waals surface area contributed by atoms with Gasteiger partial charge in [-0.05, 0) is 50.7 Å². The first-order valence-electron chi connectivity index (χ1n) is 12.2. The van der Waals surface area contributed by atoms with Crippen molar-refractivity contribution in [1.82, 2.24) is 19.5 Å². The lowest BCUT2D eigenvalue weighted by Crippen LogP contribution is -2.32. The van der Waals surface area contributed by atoms with Gasteiger partial charge in [-0.2, -0.15) is 4.98 Å². The molecule has 0 saturated heterocycles. The number of rotatable bonds is 6. The number of nitrogens with zero attached hydrogens (tertiary/aromatic N) is 4. The first kappa shape index (κ1) is 26.2. The SMILES string of the molecule is NC(=O)C1CCC(n2c(Nc3c(Cl)cc(Cl)cc3Cl)nc3cnc(NC4CCC(F)(F)CC4)nc32)CC1. The zero-order chi connectivity index (χ0) is 26.3. The Bertz CT molecular complexity index is 1290. The highest BCUT2D eigenvalue weighted by molar-refractivity contribution is 6.41. The number of hydrogen-bond acceptors (Lipinski definition) is 6. The van der Waals surface area contributed by atoms with Crippen LogP contribution in [0.1, 0.15) is 57.4 Å². The van der Waals surface area contributed by atoms with E-state index in [1.165, 1.54) is 0 Å². The topological polar surface area (TPSA) is 111 Å². The second-order valence-electron chi connectivity index (χ2n) is 9.76. The minimum absolute atomic E-state index is 0.0240. The van der Waals surface area contributed by atoms with Gasteiger partial charge in [-0.3, -0.25) is 9.36 Å². The molecule has 0 atom stereocenters. The Balaban J connectivity index is 1.49. The molecule has 0 spiro atoms. The van der Waals surface area contributed by atoms with Gasteiger partial charge in [0.1, 0.15) is 5.52 Å². The van der Waals surface area contributed by atoms with Gasteiger partial charge in [0.05, 0.1) is 21.9 Å². The van der Waals surface area contributed by atoms with E-state index in [2.05, 4.69) is 15.6 Å². The number of nitrogens with two attached hydrogens (primary N) is 1. The molecule has 198 valence electrons. The van der Waals surface area contributed by atoms with Gasteiger partial charge in [0.2, 0.25) is 23.7 Å². The summed E-state index contributed by atoms with van der Waals surface area (Å²) in [6, 6.07) is 3.00. The number of benzene rings is 1. The summed E-state index contributed by atoms with van der Waals surface area (Å²) in [4.78, 5) is 25.5. The second-order valence-corrected chi connectivity index (χ2v) is 11.0. The van der Waals surface area contributed by atoms with Crippen molar-refractivity contribution in [2.24, 2.45) is 11.7 Å². The number of anilines is 3. The smallest absolute Gasteiger partial charge is 0.248 e. The summed E-state index contributed by atoms with van der Waals surface area (Å²) in [6.07, 6.45) is 4.64. The maximum absolute atomic E-state index is 13.6. The van der Waals surface area contributed by atoms with Crippen molar-refractivity contribution in [2.75, 3.05) is 10.6 Å². The van der Waals surface area contributed by atoms with Crippen LogP contribution in [0.3, 0.4) is 0 Å². The van der Waals surface area contributed by atoms with Crippen LogP contribution < -0.4 is 16.4 Å². The summed E-state index contributed by atoms with van der Waals surface area (Å²) in [6.45, 7) is 0. The van der Waals surface area contributed by atoms with Crippen LogP contribution in [-0.2, 0) is 4.79 Å². The Morgan fingerprint density at radius 1 is 1.03 bits per heavy atom. The molecule has 1 aromatic carbocycles. The monoisotopic (exact) mass is 571 g/mol. The van der Waals surface area contributed by atoms with Gasteiger partial charge in [-0.25, -0.2) is 18.7 Å². The Morgan fingerprint density at radius 3 is 2.30 bits per heavy atom. The summed E-state index contributed by atoms with van der Waals surface area (Å²) < 4.78 is 29.1. The quantitative estimate of drug-likeness (QED) is 0.302. The van der Waals surface area contributed by atoms with Crippen LogP contribution in [-0.4, -0.2) is 37.4 Å². The minimum atomic E-state index is -2.61.